The summed E-state index contributed by atoms with van der Waals surface area (Å²) < 4.78 is 1.72. The van der Waals surface area contributed by atoms with Crippen LogP contribution in [-0.2, 0) is 6.54 Å². The van der Waals surface area contributed by atoms with Crippen LogP contribution >= 0.6 is 0 Å². The minimum Gasteiger partial charge on any atom is -0.358 e. The van der Waals surface area contributed by atoms with E-state index in [4.69, 9.17) is 6.57 Å². The number of nitriles is 1. The van der Waals surface area contributed by atoms with Crippen molar-refractivity contribution in [1.82, 2.24) is 9.55 Å². The van der Waals surface area contributed by atoms with Gasteiger partial charge in [0.25, 0.3) is 0 Å². The number of hydrogen-bond acceptors (Lipinski definition) is 2. The highest BCUT2D eigenvalue weighted by molar-refractivity contribution is 5.75. The Morgan fingerprint density at radius 1 is 0.875 bits per heavy atom. The van der Waals surface area contributed by atoms with Crippen LogP contribution in [0.25, 0.3) is 39.3 Å². The topological polar surface area (TPSA) is 46.0 Å². The lowest BCUT2D eigenvalue weighted by Crippen LogP contribution is -2.01. The minimum absolute atomic E-state index is 0.129. The normalized spacial score (nSPS) is 10.2. The van der Waals surface area contributed by atoms with E-state index in [1.54, 1.807) is 10.9 Å². The van der Waals surface area contributed by atoms with Gasteiger partial charge < -0.3 is 9.41 Å². The molecule has 32 heavy (non-hydrogen) atoms. The van der Waals surface area contributed by atoms with Crippen molar-refractivity contribution in [2.75, 3.05) is 0 Å². The van der Waals surface area contributed by atoms with Crippen LogP contribution in [0, 0.1) is 17.9 Å². The maximum absolute atomic E-state index is 9.49. The lowest BCUT2D eigenvalue weighted by molar-refractivity contribution is 0.787. The Kier molecular flexibility index (Phi) is 5.79. The molecule has 1 heterocycles. The van der Waals surface area contributed by atoms with Crippen molar-refractivity contribution in [3.63, 3.8) is 0 Å². The molecule has 0 aliphatic rings. The second-order valence-corrected chi connectivity index (χ2v) is 7.34. The summed E-state index contributed by atoms with van der Waals surface area (Å²) in [6.07, 6.45) is 5.20. The molecule has 0 unspecified atom stereocenters. The highest BCUT2D eigenvalue weighted by Crippen LogP contribution is 2.30. The summed E-state index contributed by atoms with van der Waals surface area (Å²) in [5.41, 5.74) is 7.75. The average Bonchev–Trinajstić information content (AvgIpc) is 3.25. The molecular weight excluding hydrogens is 392 g/mol. The zero-order valence-corrected chi connectivity index (χ0v) is 17.5. The largest absolute Gasteiger partial charge is 0.358 e. The van der Waals surface area contributed by atoms with Crippen LogP contribution in [0.15, 0.2) is 86.2 Å². The second-order valence-electron chi connectivity index (χ2n) is 7.34. The van der Waals surface area contributed by atoms with Crippen molar-refractivity contribution in [3.8, 4) is 28.3 Å². The Morgan fingerprint density at radius 2 is 1.41 bits per heavy atom. The summed E-state index contributed by atoms with van der Waals surface area (Å²) in [5, 5.41) is 9.49. The first-order valence-electron chi connectivity index (χ1n) is 10.1. The highest BCUT2D eigenvalue weighted by Gasteiger charge is 2.13. The van der Waals surface area contributed by atoms with Gasteiger partial charge in [0.1, 0.15) is 11.8 Å². The Bertz CT molecular complexity index is 1310. The SMILES string of the molecule is [C-]#[N+]c1ncn(Cc2cc(-c3ccc(C=C)cc3)cc(-c3ccc(C=C)cc3)c2)c1C#N. The standard InChI is InChI=1S/C28H20N4/c1-4-20-6-10-23(11-7-20)25-14-22(18-32-19-31-28(30-3)27(32)17-29)15-26(16-25)24-12-8-21(5-2)9-13-24/h4-16,19H,1-2,18H2. The molecule has 152 valence electrons. The first-order chi connectivity index (χ1) is 15.6. The summed E-state index contributed by atoms with van der Waals surface area (Å²) in [5.74, 6) is 0.129. The van der Waals surface area contributed by atoms with E-state index < -0.39 is 0 Å². The molecule has 1 aromatic heterocycles. The summed E-state index contributed by atoms with van der Waals surface area (Å²) in [4.78, 5) is 7.41. The molecule has 0 amide bonds. The molecule has 0 saturated heterocycles. The average molecular weight is 412 g/mol. The van der Waals surface area contributed by atoms with Gasteiger partial charge in [0.05, 0.1) is 6.54 Å². The molecule has 4 heteroatoms. The molecule has 4 aromatic rings. The zero-order valence-electron chi connectivity index (χ0n) is 17.5. The van der Waals surface area contributed by atoms with Gasteiger partial charge in [-0.1, -0.05) is 80.4 Å². The van der Waals surface area contributed by atoms with Gasteiger partial charge in [0, 0.05) is 0 Å². The first-order valence-corrected chi connectivity index (χ1v) is 10.1. The van der Waals surface area contributed by atoms with Gasteiger partial charge in [-0.05, 0) is 57.1 Å². The molecule has 4 nitrogen and oxygen atoms in total. The van der Waals surface area contributed by atoms with Crippen LogP contribution in [0.4, 0.5) is 5.82 Å². The maximum atomic E-state index is 9.49. The van der Waals surface area contributed by atoms with Crippen molar-refractivity contribution < 1.29 is 0 Å². The zero-order chi connectivity index (χ0) is 22.5. The van der Waals surface area contributed by atoms with Crippen LogP contribution in [0.2, 0.25) is 0 Å². The van der Waals surface area contributed by atoms with Crippen molar-refractivity contribution in [3.05, 3.63) is 120 Å². The van der Waals surface area contributed by atoms with Gasteiger partial charge in [-0.25, -0.2) is 0 Å². The number of nitrogens with zero attached hydrogens (tertiary/aromatic N) is 4. The summed E-state index contributed by atoms with van der Waals surface area (Å²) in [7, 11) is 0. The van der Waals surface area contributed by atoms with Gasteiger partial charge >= 0.3 is 5.82 Å². The van der Waals surface area contributed by atoms with E-state index in [0.717, 1.165) is 38.9 Å². The third-order valence-electron chi connectivity index (χ3n) is 5.34. The number of aromatic nitrogens is 2. The molecule has 0 spiro atoms. The Balaban J connectivity index is 1.82. The molecular formula is C28H20N4. The molecule has 0 saturated carbocycles. The fourth-order valence-electron chi connectivity index (χ4n) is 3.62. The predicted molar refractivity (Wildman–Crippen MR) is 130 cm³/mol. The van der Waals surface area contributed by atoms with E-state index in [2.05, 4.69) is 71.5 Å². The smallest absolute Gasteiger partial charge is 0.305 e. The van der Waals surface area contributed by atoms with E-state index in [1.165, 1.54) is 0 Å². The Morgan fingerprint density at radius 3 is 1.84 bits per heavy atom. The quantitative estimate of drug-likeness (QED) is 0.321. The van der Waals surface area contributed by atoms with Crippen molar-refractivity contribution in [2.45, 2.75) is 6.54 Å². The summed E-state index contributed by atoms with van der Waals surface area (Å²) in [6.45, 7) is 15.3. The third kappa shape index (κ3) is 4.12. The van der Waals surface area contributed by atoms with E-state index in [9.17, 15) is 5.26 Å². The van der Waals surface area contributed by atoms with Crippen LogP contribution in [0.5, 0.6) is 0 Å². The van der Waals surface area contributed by atoms with Crippen molar-refractivity contribution >= 4 is 18.0 Å². The monoisotopic (exact) mass is 412 g/mol. The molecule has 0 radical (unpaired) electrons. The van der Waals surface area contributed by atoms with Crippen LogP contribution in [0.1, 0.15) is 22.4 Å². The lowest BCUT2D eigenvalue weighted by atomic mass is 9.95. The molecule has 0 aliphatic heterocycles. The minimum atomic E-state index is 0.129. The van der Waals surface area contributed by atoms with Crippen LogP contribution < -0.4 is 0 Å². The van der Waals surface area contributed by atoms with Crippen LogP contribution in [-0.4, -0.2) is 9.55 Å². The van der Waals surface area contributed by atoms with Crippen molar-refractivity contribution in [2.24, 2.45) is 0 Å². The second kappa shape index (κ2) is 9.00. The number of rotatable bonds is 6. The summed E-state index contributed by atoms with van der Waals surface area (Å²) >= 11 is 0. The van der Waals surface area contributed by atoms with Crippen molar-refractivity contribution in [1.29, 1.82) is 5.26 Å². The first kappa shape index (κ1) is 20.6. The van der Waals surface area contributed by atoms with Gasteiger partial charge in [0.2, 0.25) is 0 Å². The number of imidazole rings is 1. The fraction of sp³-hybridized carbons (Fsp3) is 0.0357. The highest BCUT2D eigenvalue weighted by atomic mass is 15.1. The maximum Gasteiger partial charge on any atom is 0.305 e. The number of benzene rings is 3. The fourth-order valence-corrected chi connectivity index (χ4v) is 3.62. The van der Waals surface area contributed by atoms with Gasteiger partial charge in [-0.15, -0.1) is 4.98 Å². The molecule has 0 bridgehead atoms. The predicted octanol–water partition coefficient (Wildman–Crippen LogP) is 6.97. The summed E-state index contributed by atoms with van der Waals surface area (Å²) in [6, 6.07) is 25.0. The van der Waals surface area contributed by atoms with Gasteiger partial charge in [-0.2, -0.15) is 5.26 Å². The number of hydrogen-bond donors (Lipinski definition) is 0. The van der Waals surface area contributed by atoms with Gasteiger partial charge in [0.15, 0.2) is 6.33 Å². The van der Waals surface area contributed by atoms with E-state index in [-0.39, 0.29) is 11.5 Å². The molecule has 0 fully saturated rings. The lowest BCUT2D eigenvalue weighted by Gasteiger charge is -2.12. The Hall–Kier alpha value is -4.67. The van der Waals surface area contributed by atoms with E-state index >= 15 is 0 Å². The van der Waals surface area contributed by atoms with E-state index in [0.29, 0.717) is 6.54 Å². The van der Waals surface area contributed by atoms with Gasteiger partial charge in [-0.3, -0.25) is 0 Å². The molecule has 0 aliphatic carbocycles. The molecule has 0 atom stereocenters. The molecule has 3 aromatic carbocycles. The molecule has 4 rings (SSSR count). The Labute approximate surface area is 187 Å². The van der Waals surface area contributed by atoms with Crippen LogP contribution in [0.3, 0.4) is 0 Å². The van der Waals surface area contributed by atoms with E-state index in [1.807, 2.05) is 36.4 Å². The molecule has 0 N–H and O–H groups in total. The third-order valence-corrected chi connectivity index (χ3v) is 5.34.